The first-order chi connectivity index (χ1) is 30.5. The number of hydrogen-bond acceptors (Lipinski definition) is 2. The van der Waals surface area contributed by atoms with Gasteiger partial charge in [0.15, 0.2) is 0 Å². The fraction of sp³-hybridized carbons (Fsp3) is 0.119. The van der Waals surface area contributed by atoms with E-state index in [0.29, 0.717) is 0 Å². The van der Waals surface area contributed by atoms with Crippen molar-refractivity contribution in [1.29, 1.82) is 0 Å². The maximum atomic E-state index is 2.54. The molecule has 0 spiro atoms. The first-order valence-electron chi connectivity index (χ1n) is 22.3. The van der Waals surface area contributed by atoms with E-state index in [2.05, 4.69) is 267 Å². The fourth-order valence-electron chi connectivity index (χ4n) is 9.89. The van der Waals surface area contributed by atoms with E-state index in [1.54, 1.807) is 0 Å². The summed E-state index contributed by atoms with van der Waals surface area (Å²) in [7, 11) is -3.08. The van der Waals surface area contributed by atoms with E-state index in [0.717, 1.165) is 28.4 Å². The van der Waals surface area contributed by atoms with Gasteiger partial charge in [0.2, 0.25) is 0 Å². The summed E-state index contributed by atoms with van der Waals surface area (Å²) in [5.41, 5.74) is 13.8. The SMILES string of the molecule is C[Si](C)(C)c1ccc(N(c2ccc([Si](C)(C)C)cc2)c2cc3c(c4ccccc24)-c2ccc(N(c4ccccc4)c4ccccc4)cc2C3(c2ccccc2)c2ccccc2)cc1. The molecule has 1 aliphatic carbocycles. The maximum absolute atomic E-state index is 2.54. The van der Waals surface area contributed by atoms with Crippen LogP contribution in [0, 0.1) is 0 Å². The molecule has 0 saturated heterocycles. The van der Waals surface area contributed by atoms with Gasteiger partial charge in [0.25, 0.3) is 0 Å². The lowest BCUT2D eigenvalue weighted by atomic mass is 9.67. The maximum Gasteiger partial charge on any atom is 0.0775 e. The van der Waals surface area contributed by atoms with E-state index in [4.69, 9.17) is 0 Å². The minimum atomic E-state index is -1.54. The summed E-state index contributed by atoms with van der Waals surface area (Å²) < 4.78 is 0. The highest BCUT2D eigenvalue weighted by molar-refractivity contribution is 6.89. The van der Waals surface area contributed by atoms with Crippen LogP contribution in [-0.2, 0) is 5.41 Å². The van der Waals surface area contributed by atoms with Gasteiger partial charge in [-0.1, -0.05) is 201 Å². The predicted molar refractivity (Wildman–Crippen MR) is 277 cm³/mol. The van der Waals surface area contributed by atoms with Gasteiger partial charge in [0.05, 0.1) is 27.3 Å². The highest BCUT2D eigenvalue weighted by atomic mass is 28.3. The molecule has 1 aliphatic rings. The van der Waals surface area contributed by atoms with Crippen molar-refractivity contribution < 1.29 is 0 Å². The highest BCUT2D eigenvalue weighted by Crippen LogP contribution is 2.60. The third-order valence-corrected chi connectivity index (χ3v) is 17.2. The van der Waals surface area contributed by atoms with Gasteiger partial charge in [-0.25, -0.2) is 0 Å². The second-order valence-corrected chi connectivity index (χ2v) is 29.2. The van der Waals surface area contributed by atoms with Gasteiger partial charge in [0.1, 0.15) is 0 Å². The molecule has 63 heavy (non-hydrogen) atoms. The smallest absolute Gasteiger partial charge is 0.0775 e. The molecule has 2 nitrogen and oxygen atoms in total. The molecule has 0 unspecified atom stereocenters. The molecule has 0 amide bonds. The Morgan fingerprint density at radius 3 is 1.19 bits per heavy atom. The molecule has 9 aromatic carbocycles. The summed E-state index contributed by atoms with van der Waals surface area (Å²) in [6.07, 6.45) is 0. The van der Waals surface area contributed by atoms with Gasteiger partial charge in [-0.2, -0.15) is 0 Å². The standard InChI is InChI=1S/C59H54N2Si2/c1-62(2,3)50-36-31-47(32-37-50)61(48-33-38-51(39-34-48)63(4,5)6)57-42-56-58(53-30-20-19-29-52(53)57)54-40-35-49(60(45-25-15-9-16-26-45)46-27-17-10-18-28-46)41-55(54)59(56,43-21-11-7-12-22-43)44-23-13-8-14-24-44/h7-42H,1-6H3. The first-order valence-corrected chi connectivity index (χ1v) is 29.3. The zero-order chi connectivity index (χ0) is 43.3. The number of fused-ring (bicyclic) bond motifs is 5. The van der Waals surface area contributed by atoms with Gasteiger partial charge < -0.3 is 9.80 Å². The predicted octanol–water partition coefficient (Wildman–Crippen LogP) is 15.2. The lowest BCUT2D eigenvalue weighted by Gasteiger charge is -2.36. The van der Waals surface area contributed by atoms with Crippen LogP contribution in [0.15, 0.2) is 218 Å². The average Bonchev–Trinajstić information content (AvgIpc) is 3.60. The zero-order valence-electron chi connectivity index (χ0n) is 37.2. The average molecular weight is 847 g/mol. The molecule has 0 aliphatic heterocycles. The molecule has 0 heterocycles. The summed E-state index contributed by atoms with van der Waals surface area (Å²) >= 11 is 0. The summed E-state index contributed by atoms with van der Waals surface area (Å²) in [6, 6.07) is 81.7. The molecular formula is C59H54N2Si2. The van der Waals surface area contributed by atoms with Gasteiger partial charge in [-0.05, 0) is 105 Å². The van der Waals surface area contributed by atoms with Crippen molar-refractivity contribution in [2.24, 2.45) is 0 Å². The van der Waals surface area contributed by atoms with Crippen LogP contribution < -0.4 is 20.2 Å². The van der Waals surface area contributed by atoms with E-state index in [1.165, 1.54) is 60.2 Å². The Morgan fingerprint density at radius 1 is 0.333 bits per heavy atom. The molecule has 10 rings (SSSR count). The van der Waals surface area contributed by atoms with Crippen LogP contribution in [0.4, 0.5) is 34.1 Å². The summed E-state index contributed by atoms with van der Waals surface area (Å²) in [4.78, 5) is 4.91. The van der Waals surface area contributed by atoms with E-state index in [-0.39, 0.29) is 0 Å². The van der Waals surface area contributed by atoms with E-state index in [9.17, 15) is 0 Å². The van der Waals surface area contributed by atoms with Crippen molar-refractivity contribution in [1.82, 2.24) is 0 Å². The molecule has 4 heteroatoms. The minimum Gasteiger partial charge on any atom is -0.310 e. The molecule has 0 saturated carbocycles. The van der Waals surface area contributed by atoms with Crippen LogP contribution in [-0.4, -0.2) is 16.1 Å². The molecule has 9 aromatic rings. The van der Waals surface area contributed by atoms with Crippen LogP contribution in [0.1, 0.15) is 22.3 Å². The quantitative estimate of drug-likeness (QED) is 0.127. The van der Waals surface area contributed by atoms with Crippen LogP contribution in [0.3, 0.4) is 0 Å². The van der Waals surface area contributed by atoms with Crippen molar-refractivity contribution in [2.45, 2.75) is 44.7 Å². The number of benzene rings is 9. The van der Waals surface area contributed by atoms with Gasteiger partial charge in [-0.3, -0.25) is 0 Å². The minimum absolute atomic E-state index is 0.643. The Bertz CT molecular complexity index is 2910. The van der Waals surface area contributed by atoms with Crippen molar-refractivity contribution in [2.75, 3.05) is 9.80 Å². The van der Waals surface area contributed by atoms with Crippen LogP contribution in [0.25, 0.3) is 21.9 Å². The summed E-state index contributed by atoms with van der Waals surface area (Å²) in [6.45, 7) is 14.6. The molecule has 0 bridgehead atoms. The number of anilines is 6. The Labute approximate surface area is 375 Å². The molecular weight excluding hydrogens is 793 g/mol. The lowest BCUT2D eigenvalue weighted by Crippen LogP contribution is -2.37. The van der Waals surface area contributed by atoms with Crippen molar-refractivity contribution >= 4 is 71.4 Å². The second kappa shape index (κ2) is 15.9. The lowest BCUT2D eigenvalue weighted by molar-refractivity contribution is 0.769. The van der Waals surface area contributed by atoms with E-state index in [1.807, 2.05) is 0 Å². The first kappa shape index (κ1) is 40.4. The molecule has 0 atom stereocenters. The molecule has 308 valence electrons. The largest absolute Gasteiger partial charge is 0.310 e. The van der Waals surface area contributed by atoms with E-state index >= 15 is 0 Å². The van der Waals surface area contributed by atoms with Crippen molar-refractivity contribution in [3.8, 4) is 11.1 Å². The molecule has 0 radical (unpaired) electrons. The third kappa shape index (κ3) is 7.04. The van der Waals surface area contributed by atoms with Crippen molar-refractivity contribution in [3.05, 3.63) is 241 Å². The van der Waals surface area contributed by atoms with E-state index < -0.39 is 21.6 Å². The van der Waals surface area contributed by atoms with Crippen LogP contribution in [0.2, 0.25) is 39.3 Å². The normalized spacial score (nSPS) is 13.0. The zero-order valence-corrected chi connectivity index (χ0v) is 39.2. The Balaban J connectivity index is 1.30. The van der Waals surface area contributed by atoms with Crippen molar-refractivity contribution in [3.63, 3.8) is 0 Å². The summed E-state index contributed by atoms with van der Waals surface area (Å²) in [5, 5.41) is 5.38. The number of para-hydroxylation sites is 2. The topological polar surface area (TPSA) is 6.48 Å². The number of nitrogens with zero attached hydrogens (tertiary/aromatic N) is 2. The molecule has 0 aromatic heterocycles. The van der Waals surface area contributed by atoms with Crippen LogP contribution >= 0.6 is 0 Å². The second-order valence-electron chi connectivity index (χ2n) is 19.0. The Morgan fingerprint density at radius 2 is 0.730 bits per heavy atom. The fourth-order valence-corrected chi connectivity index (χ4v) is 12.2. The third-order valence-electron chi connectivity index (χ3n) is 13.0. The van der Waals surface area contributed by atoms with Gasteiger partial charge in [-0.15, -0.1) is 0 Å². The number of rotatable bonds is 10. The Hall–Kier alpha value is -6.73. The summed E-state index contributed by atoms with van der Waals surface area (Å²) in [5.74, 6) is 0. The molecule has 0 N–H and O–H groups in total. The number of hydrogen-bond donors (Lipinski definition) is 0. The van der Waals surface area contributed by atoms with Gasteiger partial charge in [0, 0.05) is 33.8 Å². The van der Waals surface area contributed by atoms with Gasteiger partial charge >= 0.3 is 0 Å². The van der Waals surface area contributed by atoms with Crippen LogP contribution in [0.5, 0.6) is 0 Å². The monoisotopic (exact) mass is 846 g/mol. The molecule has 0 fully saturated rings. The Kier molecular flexibility index (Phi) is 10.2. The highest BCUT2D eigenvalue weighted by Gasteiger charge is 2.48.